The Morgan fingerprint density at radius 2 is 1.80 bits per heavy atom. The molecule has 11 heteroatoms. The molecule has 0 bridgehead atoms. The number of benzene rings is 3. The molecule has 11 nitrogen and oxygen atoms in total. The summed E-state index contributed by atoms with van der Waals surface area (Å²) in [5, 5.41) is 27.3. The first kappa shape index (κ1) is 23.0. The number of phenols is 1. The molecule has 0 atom stereocenters. The number of fused-ring (bicyclic) bond motifs is 1. The number of phenolic OH excluding ortho intramolecular Hbond substituents is 1. The van der Waals surface area contributed by atoms with Crippen LogP contribution in [0.3, 0.4) is 0 Å². The van der Waals surface area contributed by atoms with Crippen LogP contribution in [-0.2, 0) is 4.79 Å². The maximum absolute atomic E-state index is 12.9. The van der Waals surface area contributed by atoms with Crippen LogP contribution in [0.2, 0.25) is 0 Å². The van der Waals surface area contributed by atoms with Crippen molar-refractivity contribution < 1.29 is 29.1 Å². The van der Waals surface area contributed by atoms with Crippen molar-refractivity contribution in [3.63, 3.8) is 0 Å². The van der Waals surface area contributed by atoms with Crippen molar-refractivity contribution in [3.05, 3.63) is 99.2 Å². The molecule has 2 amide bonds. The molecular weight excluding hydrogens is 456 g/mol. The average Bonchev–Trinajstić information content (AvgIpc) is 3.33. The quantitative estimate of drug-likeness (QED) is 0.206. The second-order valence-corrected chi connectivity index (χ2v) is 7.16. The second kappa shape index (κ2) is 10.2. The smallest absolute Gasteiger partial charge is 0.311 e. The Morgan fingerprint density at radius 1 is 1.03 bits per heavy atom. The number of carbonyl (C=O) groups excluding carboxylic acids is 2. The molecule has 0 aliphatic carbocycles. The number of hydrazone groups is 1. The molecule has 0 saturated carbocycles. The van der Waals surface area contributed by atoms with E-state index in [1.165, 1.54) is 18.2 Å². The molecule has 0 fully saturated rings. The zero-order valence-corrected chi connectivity index (χ0v) is 18.0. The van der Waals surface area contributed by atoms with E-state index in [2.05, 4.69) is 15.8 Å². The van der Waals surface area contributed by atoms with Gasteiger partial charge >= 0.3 is 5.69 Å². The summed E-state index contributed by atoms with van der Waals surface area (Å²) < 4.78 is 10.6. The van der Waals surface area contributed by atoms with E-state index in [4.69, 9.17) is 9.47 Å². The van der Waals surface area contributed by atoms with Gasteiger partial charge < -0.3 is 19.9 Å². The van der Waals surface area contributed by atoms with Gasteiger partial charge in [0.05, 0.1) is 11.1 Å². The van der Waals surface area contributed by atoms with Crippen LogP contribution in [0.1, 0.15) is 21.5 Å². The summed E-state index contributed by atoms with van der Waals surface area (Å²) in [5.74, 6) is -0.833. The maximum Gasteiger partial charge on any atom is 0.311 e. The molecule has 176 valence electrons. The molecule has 0 radical (unpaired) electrons. The minimum absolute atomic E-state index is 0.0223. The Hall–Kier alpha value is -5.19. The lowest BCUT2D eigenvalue weighted by atomic mass is 10.1. The largest absolute Gasteiger partial charge is 0.502 e. The van der Waals surface area contributed by atoms with Crippen LogP contribution in [0, 0.1) is 10.1 Å². The third kappa shape index (κ3) is 5.42. The first-order valence-corrected chi connectivity index (χ1v) is 10.2. The topological polar surface area (TPSA) is 152 Å². The van der Waals surface area contributed by atoms with Gasteiger partial charge in [-0.3, -0.25) is 19.7 Å². The molecule has 1 aliphatic heterocycles. The van der Waals surface area contributed by atoms with E-state index in [0.29, 0.717) is 22.6 Å². The van der Waals surface area contributed by atoms with E-state index in [9.17, 15) is 24.8 Å². The lowest BCUT2D eigenvalue weighted by molar-refractivity contribution is -0.385. The van der Waals surface area contributed by atoms with Crippen molar-refractivity contribution in [2.75, 3.05) is 6.79 Å². The molecule has 4 rings (SSSR count). The predicted octanol–water partition coefficient (Wildman–Crippen LogP) is 2.95. The fourth-order valence-corrected chi connectivity index (χ4v) is 3.13. The summed E-state index contributed by atoms with van der Waals surface area (Å²) in [7, 11) is 0. The Morgan fingerprint density at radius 3 is 2.57 bits per heavy atom. The highest BCUT2D eigenvalue weighted by molar-refractivity contribution is 6.05. The monoisotopic (exact) mass is 474 g/mol. The SMILES string of the molecule is O=C(N/N=C/c1cccc([N+](=O)[O-])c1O)/C(=C\c1ccc2c(c1)OCO2)NC(=O)c1ccccc1. The molecule has 3 aromatic carbocycles. The minimum atomic E-state index is -0.770. The zero-order valence-electron chi connectivity index (χ0n) is 18.0. The molecule has 0 saturated heterocycles. The van der Waals surface area contributed by atoms with Crippen molar-refractivity contribution >= 4 is 29.8 Å². The first-order chi connectivity index (χ1) is 16.9. The number of para-hydroxylation sites is 1. The molecular formula is C24H18N4O7. The number of amides is 2. The van der Waals surface area contributed by atoms with Gasteiger partial charge in [-0.2, -0.15) is 5.10 Å². The number of nitrogens with one attached hydrogen (secondary N) is 2. The van der Waals surface area contributed by atoms with E-state index in [1.807, 2.05) is 0 Å². The van der Waals surface area contributed by atoms with Crippen molar-refractivity contribution in [2.24, 2.45) is 5.10 Å². The van der Waals surface area contributed by atoms with Crippen molar-refractivity contribution in [1.29, 1.82) is 0 Å². The van der Waals surface area contributed by atoms with E-state index in [-0.39, 0.29) is 18.1 Å². The minimum Gasteiger partial charge on any atom is -0.502 e. The van der Waals surface area contributed by atoms with Gasteiger partial charge in [-0.05, 0) is 42.0 Å². The van der Waals surface area contributed by atoms with E-state index < -0.39 is 28.2 Å². The van der Waals surface area contributed by atoms with Gasteiger partial charge in [0, 0.05) is 17.2 Å². The molecule has 35 heavy (non-hydrogen) atoms. The molecule has 0 unspecified atom stereocenters. The zero-order chi connectivity index (χ0) is 24.8. The Bertz CT molecular complexity index is 1350. The third-order valence-electron chi connectivity index (χ3n) is 4.85. The fourth-order valence-electron chi connectivity index (χ4n) is 3.13. The lowest BCUT2D eigenvalue weighted by Gasteiger charge is -2.09. The molecule has 3 N–H and O–H groups in total. The molecule has 0 aromatic heterocycles. The van der Waals surface area contributed by atoms with E-state index in [0.717, 1.165) is 12.3 Å². The number of hydrogen-bond acceptors (Lipinski definition) is 8. The van der Waals surface area contributed by atoms with Gasteiger partial charge in [-0.1, -0.05) is 30.3 Å². The summed E-state index contributed by atoms with van der Waals surface area (Å²) in [4.78, 5) is 35.8. The Kier molecular flexibility index (Phi) is 6.68. The number of ether oxygens (including phenoxy) is 2. The number of nitro groups is 1. The van der Waals surface area contributed by atoms with Crippen LogP contribution in [-0.4, -0.2) is 34.9 Å². The standard InChI is InChI=1S/C24H18N4O7/c29-22-17(7-4-8-19(22)28(32)33)13-25-27-24(31)18(26-23(30)16-5-2-1-3-6-16)11-15-9-10-20-21(12-15)35-14-34-20/h1-13,29H,14H2,(H,26,30)(H,27,31)/b18-11+,25-13+. The Labute approximate surface area is 198 Å². The number of nitrogens with zero attached hydrogens (tertiary/aromatic N) is 2. The second-order valence-electron chi connectivity index (χ2n) is 7.16. The van der Waals surface area contributed by atoms with Crippen LogP contribution in [0.25, 0.3) is 6.08 Å². The van der Waals surface area contributed by atoms with Gasteiger partial charge in [0.15, 0.2) is 11.5 Å². The van der Waals surface area contributed by atoms with Crippen molar-refractivity contribution in [2.45, 2.75) is 0 Å². The van der Waals surface area contributed by atoms with Crippen LogP contribution in [0.4, 0.5) is 5.69 Å². The molecule has 1 heterocycles. The van der Waals surface area contributed by atoms with Gasteiger partial charge in [-0.15, -0.1) is 0 Å². The van der Waals surface area contributed by atoms with Gasteiger partial charge in [0.2, 0.25) is 12.5 Å². The average molecular weight is 474 g/mol. The van der Waals surface area contributed by atoms with Crippen LogP contribution in [0.5, 0.6) is 17.2 Å². The van der Waals surface area contributed by atoms with Crippen LogP contribution < -0.4 is 20.2 Å². The number of carbonyl (C=O) groups is 2. The predicted molar refractivity (Wildman–Crippen MR) is 125 cm³/mol. The highest BCUT2D eigenvalue weighted by atomic mass is 16.7. The number of hydrogen-bond donors (Lipinski definition) is 3. The molecule has 3 aromatic rings. The summed E-state index contributed by atoms with van der Waals surface area (Å²) in [6.45, 7) is 0.0831. The van der Waals surface area contributed by atoms with E-state index in [1.54, 1.807) is 48.5 Å². The number of rotatable bonds is 7. The summed E-state index contributed by atoms with van der Waals surface area (Å²) in [5.41, 5.74) is 2.53. The van der Waals surface area contributed by atoms with Crippen molar-refractivity contribution in [1.82, 2.24) is 10.7 Å². The summed E-state index contributed by atoms with van der Waals surface area (Å²) in [6, 6.07) is 17.2. The van der Waals surface area contributed by atoms with E-state index >= 15 is 0 Å². The fraction of sp³-hybridized carbons (Fsp3) is 0.0417. The van der Waals surface area contributed by atoms with Crippen molar-refractivity contribution in [3.8, 4) is 17.2 Å². The normalized spacial score (nSPS) is 12.4. The lowest BCUT2D eigenvalue weighted by Crippen LogP contribution is -2.32. The van der Waals surface area contributed by atoms with Gasteiger partial charge in [-0.25, -0.2) is 5.43 Å². The maximum atomic E-state index is 12.9. The number of nitro benzene ring substituents is 1. The first-order valence-electron chi connectivity index (χ1n) is 10.2. The van der Waals surface area contributed by atoms with Crippen LogP contribution in [0.15, 0.2) is 77.5 Å². The highest BCUT2D eigenvalue weighted by Crippen LogP contribution is 2.33. The highest BCUT2D eigenvalue weighted by Gasteiger charge is 2.18. The Balaban J connectivity index is 1.57. The molecule has 1 aliphatic rings. The van der Waals surface area contributed by atoms with Gasteiger partial charge in [0.25, 0.3) is 11.8 Å². The third-order valence-corrected chi connectivity index (χ3v) is 4.85. The molecule has 0 spiro atoms. The van der Waals surface area contributed by atoms with Gasteiger partial charge in [0.1, 0.15) is 5.70 Å². The van der Waals surface area contributed by atoms with Crippen LogP contribution >= 0.6 is 0 Å². The summed E-state index contributed by atoms with van der Waals surface area (Å²) >= 11 is 0. The number of aromatic hydroxyl groups is 1. The summed E-state index contributed by atoms with van der Waals surface area (Å²) in [6.07, 6.45) is 2.48.